The van der Waals surface area contributed by atoms with Gasteiger partial charge in [0.25, 0.3) is 11.6 Å². The second-order valence-electron chi connectivity index (χ2n) is 4.17. The lowest BCUT2D eigenvalue weighted by Gasteiger charge is -2.00. The summed E-state index contributed by atoms with van der Waals surface area (Å²) in [5.74, 6) is -0.388. The Balaban J connectivity index is 1.99. The number of amides is 1. The van der Waals surface area contributed by atoms with Gasteiger partial charge in [-0.1, -0.05) is 6.07 Å². The van der Waals surface area contributed by atoms with E-state index in [9.17, 15) is 14.9 Å². The van der Waals surface area contributed by atoms with E-state index in [1.54, 1.807) is 18.2 Å². The van der Waals surface area contributed by atoms with Crippen molar-refractivity contribution in [3.63, 3.8) is 0 Å². The lowest BCUT2D eigenvalue weighted by molar-refractivity contribution is -0.384. The summed E-state index contributed by atoms with van der Waals surface area (Å²) in [7, 11) is 0. The van der Waals surface area contributed by atoms with E-state index < -0.39 is 4.92 Å². The van der Waals surface area contributed by atoms with Gasteiger partial charge in [-0.3, -0.25) is 14.9 Å². The number of rotatable bonds is 4. The molecule has 0 spiro atoms. The fraction of sp³-hybridized carbons (Fsp3) is 0. The van der Waals surface area contributed by atoms with Crippen molar-refractivity contribution in [2.45, 2.75) is 0 Å². The van der Waals surface area contributed by atoms with Crippen molar-refractivity contribution in [2.24, 2.45) is 5.10 Å². The van der Waals surface area contributed by atoms with Gasteiger partial charge in [0.1, 0.15) is 0 Å². The van der Waals surface area contributed by atoms with E-state index in [0.29, 0.717) is 16.8 Å². The minimum absolute atomic E-state index is 0.00375. The van der Waals surface area contributed by atoms with Gasteiger partial charge in [-0.05, 0) is 35.9 Å². The SMILES string of the molecule is Nc1cccc(C(=O)NN=Cc2ccc([N+](=O)[O-])cc2)c1. The molecule has 0 aliphatic rings. The van der Waals surface area contributed by atoms with Crippen LogP contribution in [-0.2, 0) is 0 Å². The molecule has 0 fully saturated rings. The Labute approximate surface area is 120 Å². The van der Waals surface area contributed by atoms with Crippen LogP contribution in [0.3, 0.4) is 0 Å². The fourth-order valence-electron chi connectivity index (χ4n) is 1.59. The summed E-state index contributed by atoms with van der Waals surface area (Å²) in [6.07, 6.45) is 1.40. The van der Waals surface area contributed by atoms with Gasteiger partial charge in [0.05, 0.1) is 11.1 Å². The number of nitrogens with two attached hydrogens (primary N) is 1. The zero-order chi connectivity index (χ0) is 15.2. The summed E-state index contributed by atoms with van der Waals surface area (Å²) >= 11 is 0. The van der Waals surface area contributed by atoms with Crippen LogP contribution in [0, 0.1) is 10.1 Å². The van der Waals surface area contributed by atoms with Crippen molar-refractivity contribution in [1.29, 1.82) is 0 Å². The van der Waals surface area contributed by atoms with Crippen LogP contribution in [0.2, 0.25) is 0 Å². The third-order valence-electron chi connectivity index (χ3n) is 2.63. The number of benzene rings is 2. The molecule has 0 atom stereocenters. The number of nitrogen functional groups attached to an aromatic ring is 1. The van der Waals surface area contributed by atoms with Gasteiger partial charge >= 0.3 is 0 Å². The van der Waals surface area contributed by atoms with Gasteiger partial charge in [-0.2, -0.15) is 5.10 Å². The smallest absolute Gasteiger partial charge is 0.271 e. The molecule has 0 radical (unpaired) electrons. The number of hydrogen-bond acceptors (Lipinski definition) is 5. The molecule has 2 aromatic carbocycles. The molecule has 0 aromatic heterocycles. The summed E-state index contributed by atoms with van der Waals surface area (Å²) in [6.45, 7) is 0. The molecule has 7 heteroatoms. The lowest BCUT2D eigenvalue weighted by Crippen LogP contribution is -2.17. The Hall–Kier alpha value is -3.22. The van der Waals surface area contributed by atoms with Crippen molar-refractivity contribution >= 4 is 23.5 Å². The topological polar surface area (TPSA) is 111 Å². The van der Waals surface area contributed by atoms with E-state index in [1.165, 1.54) is 36.5 Å². The average Bonchev–Trinajstić information content (AvgIpc) is 2.47. The average molecular weight is 284 g/mol. The Bertz CT molecular complexity index is 696. The third kappa shape index (κ3) is 3.87. The van der Waals surface area contributed by atoms with Gasteiger partial charge in [0.15, 0.2) is 0 Å². The summed E-state index contributed by atoms with van der Waals surface area (Å²) in [4.78, 5) is 21.8. The molecule has 0 saturated carbocycles. The number of nitrogens with zero attached hydrogens (tertiary/aromatic N) is 2. The Morgan fingerprint density at radius 1 is 1.24 bits per heavy atom. The predicted molar refractivity (Wildman–Crippen MR) is 79.0 cm³/mol. The molecule has 0 bridgehead atoms. The summed E-state index contributed by atoms with van der Waals surface area (Å²) < 4.78 is 0. The van der Waals surface area contributed by atoms with E-state index in [-0.39, 0.29) is 11.6 Å². The Kier molecular flexibility index (Phi) is 4.25. The Morgan fingerprint density at radius 2 is 1.95 bits per heavy atom. The molecule has 2 rings (SSSR count). The van der Waals surface area contributed by atoms with Crippen molar-refractivity contribution in [1.82, 2.24) is 5.43 Å². The largest absolute Gasteiger partial charge is 0.399 e. The number of hydrogen-bond donors (Lipinski definition) is 2. The molecule has 1 amide bonds. The minimum Gasteiger partial charge on any atom is -0.399 e. The van der Waals surface area contributed by atoms with Crippen molar-refractivity contribution in [2.75, 3.05) is 5.73 Å². The summed E-state index contributed by atoms with van der Waals surface area (Å²) in [6, 6.07) is 12.3. The van der Waals surface area contributed by atoms with E-state index in [1.807, 2.05) is 0 Å². The normalized spacial score (nSPS) is 10.5. The molecule has 0 aliphatic carbocycles. The highest BCUT2D eigenvalue weighted by Gasteiger charge is 2.04. The first kappa shape index (κ1) is 14.2. The molecule has 106 valence electrons. The fourth-order valence-corrected chi connectivity index (χ4v) is 1.59. The van der Waals surface area contributed by atoms with Crippen LogP contribution in [0.1, 0.15) is 15.9 Å². The number of non-ortho nitro benzene ring substituents is 1. The highest BCUT2D eigenvalue weighted by Crippen LogP contribution is 2.10. The first-order chi connectivity index (χ1) is 10.1. The number of nitro benzene ring substituents is 1. The van der Waals surface area contributed by atoms with Crippen LogP contribution in [0.5, 0.6) is 0 Å². The zero-order valence-electron chi connectivity index (χ0n) is 10.9. The second kappa shape index (κ2) is 6.29. The van der Waals surface area contributed by atoms with Crippen LogP contribution in [0.25, 0.3) is 0 Å². The van der Waals surface area contributed by atoms with E-state index in [0.717, 1.165) is 0 Å². The van der Waals surface area contributed by atoms with Crippen LogP contribution in [0.4, 0.5) is 11.4 Å². The molecule has 0 unspecified atom stereocenters. The van der Waals surface area contributed by atoms with E-state index in [2.05, 4.69) is 10.5 Å². The number of carbonyl (C=O) groups excluding carboxylic acids is 1. The van der Waals surface area contributed by atoms with Crippen molar-refractivity contribution < 1.29 is 9.72 Å². The highest BCUT2D eigenvalue weighted by atomic mass is 16.6. The first-order valence-corrected chi connectivity index (χ1v) is 5.99. The molecule has 21 heavy (non-hydrogen) atoms. The first-order valence-electron chi connectivity index (χ1n) is 5.99. The molecule has 3 N–H and O–H groups in total. The maximum Gasteiger partial charge on any atom is 0.271 e. The van der Waals surface area contributed by atoms with E-state index >= 15 is 0 Å². The number of hydrazone groups is 1. The van der Waals surface area contributed by atoms with Crippen molar-refractivity contribution in [3.8, 4) is 0 Å². The lowest BCUT2D eigenvalue weighted by atomic mass is 10.2. The zero-order valence-corrected chi connectivity index (χ0v) is 10.9. The number of nitrogens with one attached hydrogen (secondary N) is 1. The number of anilines is 1. The molecule has 2 aromatic rings. The molecular formula is C14H12N4O3. The van der Waals surface area contributed by atoms with Crippen LogP contribution in [0.15, 0.2) is 53.6 Å². The van der Waals surface area contributed by atoms with Crippen LogP contribution >= 0.6 is 0 Å². The highest BCUT2D eigenvalue weighted by molar-refractivity contribution is 5.95. The Morgan fingerprint density at radius 3 is 2.57 bits per heavy atom. The molecule has 7 nitrogen and oxygen atoms in total. The second-order valence-corrected chi connectivity index (χ2v) is 4.17. The standard InChI is InChI=1S/C14H12N4O3/c15-12-3-1-2-11(8-12)14(19)17-16-9-10-4-6-13(7-5-10)18(20)21/h1-9H,15H2,(H,17,19). The third-order valence-corrected chi connectivity index (χ3v) is 2.63. The van der Waals surface area contributed by atoms with Crippen molar-refractivity contribution in [3.05, 3.63) is 69.8 Å². The quantitative estimate of drug-likeness (QED) is 0.387. The van der Waals surface area contributed by atoms with Crippen LogP contribution in [-0.4, -0.2) is 17.0 Å². The van der Waals surface area contributed by atoms with E-state index in [4.69, 9.17) is 5.73 Å². The number of nitro groups is 1. The van der Waals surface area contributed by atoms with Gasteiger partial charge in [0, 0.05) is 23.4 Å². The van der Waals surface area contributed by atoms with Gasteiger partial charge in [-0.25, -0.2) is 5.43 Å². The molecule has 0 saturated heterocycles. The molecule has 0 aliphatic heterocycles. The van der Waals surface area contributed by atoms with Gasteiger partial charge in [0.2, 0.25) is 0 Å². The monoisotopic (exact) mass is 284 g/mol. The maximum absolute atomic E-state index is 11.8. The maximum atomic E-state index is 11.8. The van der Waals surface area contributed by atoms with Gasteiger partial charge in [-0.15, -0.1) is 0 Å². The predicted octanol–water partition coefficient (Wildman–Crippen LogP) is 1.94. The molecular weight excluding hydrogens is 272 g/mol. The van der Waals surface area contributed by atoms with Gasteiger partial charge < -0.3 is 5.73 Å². The van der Waals surface area contributed by atoms with Crippen LogP contribution < -0.4 is 11.2 Å². The summed E-state index contributed by atoms with van der Waals surface area (Å²) in [5.41, 5.74) is 9.45. The minimum atomic E-state index is -0.484. The number of carbonyl (C=O) groups is 1. The summed E-state index contributed by atoms with van der Waals surface area (Å²) in [5, 5.41) is 14.3. The molecule has 0 heterocycles.